The molecule has 1 saturated carbocycles. The molecular formula is C33H38N6O3. The Bertz CT molecular complexity index is 1590. The molecule has 218 valence electrons. The Morgan fingerprint density at radius 2 is 1.83 bits per heavy atom. The van der Waals surface area contributed by atoms with Gasteiger partial charge in [-0.05, 0) is 74.4 Å². The van der Waals surface area contributed by atoms with Crippen LogP contribution in [0.5, 0.6) is 0 Å². The van der Waals surface area contributed by atoms with Crippen molar-refractivity contribution in [1.29, 1.82) is 0 Å². The molecule has 6 rings (SSSR count). The maximum atomic E-state index is 13.6. The highest BCUT2D eigenvalue weighted by atomic mass is 16.5. The van der Waals surface area contributed by atoms with E-state index in [4.69, 9.17) is 4.74 Å². The average molecular weight is 567 g/mol. The molecule has 1 aliphatic carbocycles. The molecule has 0 spiro atoms. The summed E-state index contributed by atoms with van der Waals surface area (Å²) in [5, 5.41) is 13.1. The van der Waals surface area contributed by atoms with Gasteiger partial charge in [-0.2, -0.15) is 5.10 Å². The highest BCUT2D eigenvalue weighted by molar-refractivity contribution is 5.96. The number of likely N-dealkylation sites (tertiary alicyclic amines) is 1. The van der Waals surface area contributed by atoms with Crippen LogP contribution in [0.3, 0.4) is 0 Å². The highest BCUT2D eigenvalue weighted by Gasteiger charge is 2.46. The van der Waals surface area contributed by atoms with Gasteiger partial charge in [0.2, 0.25) is 0 Å². The van der Waals surface area contributed by atoms with Crippen LogP contribution in [0, 0.1) is 0 Å². The molecule has 4 aromatic rings. The predicted octanol–water partition coefficient (Wildman–Crippen LogP) is 5.91. The molecule has 1 saturated heterocycles. The predicted molar refractivity (Wildman–Crippen MR) is 160 cm³/mol. The van der Waals surface area contributed by atoms with Crippen molar-refractivity contribution >= 4 is 11.9 Å². The van der Waals surface area contributed by atoms with Crippen molar-refractivity contribution in [2.75, 3.05) is 13.2 Å². The summed E-state index contributed by atoms with van der Waals surface area (Å²) >= 11 is 0. The average Bonchev–Trinajstić information content (AvgIpc) is 3.46. The van der Waals surface area contributed by atoms with Crippen LogP contribution >= 0.6 is 0 Å². The smallest absolute Gasteiger partial charge is 0.341 e. The number of nitrogens with zero attached hydrogens (tertiary/aromatic N) is 6. The molecule has 9 heteroatoms. The maximum Gasteiger partial charge on any atom is 0.341 e. The van der Waals surface area contributed by atoms with Gasteiger partial charge in [0.25, 0.3) is 5.91 Å². The highest BCUT2D eigenvalue weighted by Crippen LogP contribution is 2.55. The van der Waals surface area contributed by atoms with Gasteiger partial charge in [0, 0.05) is 43.2 Å². The van der Waals surface area contributed by atoms with Crippen LogP contribution < -0.4 is 0 Å². The van der Waals surface area contributed by atoms with Gasteiger partial charge in [0.15, 0.2) is 0 Å². The number of aromatic nitrogens is 5. The van der Waals surface area contributed by atoms with E-state index in [1.807, 2.05) is 60.4 Å². The van der Waals surface area contributed by atoms with Crippen molar-refractivity contribution in [3.8, 4) is 16.8 Å². The summed E-state index contributed by atoms with van der Waals surface area (Å²) in [5.74, 6) is -0.0123. The molecule has 42 heavy (non-hydrogen) atoms. The molecule has 1 aliphatic heterocycles. The zero-order valence-electron chi connectivity index (χ0n) is 24.6. The Balaban J connectivity index is 1.32. The van der Waals surface area contributed by atoms with E-state index < -0.39 is 0 Å². The largest absolute Gasteiger partial charge is 0.462 e. The zero-order valence-corrected chi connectivity index (χ0v) is 24.6. The molecule has 3 atom stereocenters. The van der Waals surface area contributed by atoms with Gasteiger partial charge in [0.05, 0.1) is 29.9 Å². The Kier molecular flexibility index (Phi) is 7.91. The van der Waals surface area contributed by atoms with Crippen LogP contribution in [0.4, 0.5) is 0 Å². The number of benzene rings is 2. The summed E-state index contributed by atoms with van der Waals surface area (Å²) < 4.78 is 8.94. The molecule has 1 amide bonds. The van der Waals surface area contributed by atoms with Gasteiger partial charge in [-0.15, -0.1) is 5.10 Å². The van der Waals surface area contributed by atoms with Crippen molar-refractivity contribution in [2.24, 2.45) is 7.05 Å². The number of aryl methyl sites for hydroxylation is 1. The molecule has 9 nitrogen and oxygen atoms in total. The third-order valence-corrected chi connectivity index (χ3v) is 8.49. The third kappa shape index (κ3) is 5.47. The molecule has 0 unspecified atom stereocenters. The second-order valence-electron chi connectivity index (χ2n) is 11.4. The monoisotopic (exact) mass is 566 g/mol. The second kappa shape index (κ2) is 11.9. The minimum Gasteiger partial charge on any atom is -0.462 e. The Morgan fingerprint density at radius 1 is 1.02 bits per heavy atom. The van der Waals surface area contributed by atoms with E-state index in [9.17, 15) is 9.59 Å². The summed E-state index contributed by atoms with van der Waals surface area (Å²) in [6.45, 7) is 5.11. The fraction of sp³-hybridized carbons (Fsp3) is 0.424. The Morgan fingerprint density at radius 3 is 2.60 bits per heavy atom. The van der Waals surface area contributed by atoms with Crippen LogP contribution in [-0.2, 0) is 11.8 Å². The number of carbonyl (C=O) groups is 2. The molecule has 0 radical (unpaired) electrons. The number of carbonyl (C=O) groups excluding carboxylic acids is 2. The van der Waals surface area contributed by atoms with Gasteiger partial charge in [-0.25, -0.2) is 9.48 Å². The van der Waals surface area contributed by atoms with E-state index in [0.717, 1.165) is 72.4 Å². The van der Waals surface area contributed by atoms with Gasteiger partial charge in [-0.3, -0.25) is 9.48 Å². The molecular weight excluding hydrogens is 528 g/mol. The van der Waals surface area contributed by atoms with Crippen LogP contribution in [-0.4, -0.2) is 60.7 Å². The first kappa shape index (κ1) is 27.9. The summed E-state index contributed by atoms with van der Waals surface area (Å²) in [5.41, 5.74) is 5.73. The number of esters is 1. The van der Waals surface area contributed by atoms with Crippen LogP contribution in [0.1, 0.15) is 96.3 Å². The lowest BCUT2D eigenvalue weighted by atomic mass is 9.96. The molecule has 2 aromatic carbocycles. The van der Waals surface area contributed by atoms with E-state index >= 15 is 0 Å². The van der Waals surface area contributed by atoms with Gasteiger partial charge in [-0.1, -0.05) is 42.8 Å². The summed E-state index contributed by atoms with van der Waals surface area (Å²) in [7, 11) is 1.85. The molecule has 2 aromatic heterocycles. The number of hydrogen-bond donors (Lipinski definition) is 0. The summed E-state index contributed by atoms with van der Waals surface area (Å²) in [4.78, 5) is 28.6. The first-order valence-corrected chi connectivity index (χ1v) is 15.1. The van der Waals surface area contributed by atoms with Gasteiger partial charge in [0.1, 0.15) is 5.56 Å². The minimum absolute atomic E-state index is 0.0776. The minimum atomic E-state index is -0.370. The Labute approximate surface area is 246 Å². The lowest BCUT2D eigenvalue weighted by Crippen LogP contribution is -2.43. The first-order valence-electron chi connectivity index (χ1n) is 15.1. The van der Waals surface area contributed by atoms with Crippen molar-refractivity contribution in [2.45, 2.75) is 70.3 Å². The standard InChI is InChI=1S/C33H38N6O3/c1-4-10-25-14-6-7-16-38(25)32(40)24-13-8-11-22(17-24)23-12-9-15-26(18-23)39-31(29(20-34-39)33(41)42-5-2)28-19-27(28)30-21-37(3)36-35-30/h8-9,11-13,15,17-18,20-21,25,27-28H,4-7,10,14,16,19H2,1-3H3/t25-,27-,28-/m1/s1. The lowest BCUT2D eigenvalue weighted by molar-refractivity contribution is 0.0524. The lowest BCUT2D eigenvalue weighted by Gasteiger charge is -2.36. The zero-order chi connectivity index (χ0) is 29.2. The molecule has 2 fully saturated rings. The second-order valence-corrected chi connectivity index (χ2v) is 11.4. The van der Waals surface area contributed by atoms with E-state index in [2.05, 4.69) is 33.3 Å². The van der Waals surface area contributed by atoms with E-state index in [0.29, 0.717) is 18.2 Å². The van der Waals surface area contributed by atoms with Crippen molar-refractivity contribution in [3.63, 3.8) is 0 Å². The summed E-state index contributed by atoms with van der Waals surface area (Å²) in [6, 6.07) is 16.3. The molecule has 0 N–H and O–H groups in total. The van der Waals surface area contributed by atoms with Crippen molar-refractivity contribution < 1.29 is 14.3 Å². The quantitative estimate of drug-likeness (QED) is 0.234. The number of rotatable bonds is 9. The maximum absolute atomic E-state index is 13.6. The van der Waals surface area contributed by atoms with Crippen molar-refractivity contribution in [1.82, 2.24) is 29.7 Å². The molecule has 3 heterocycles. The topological polar surface area (TPSA) is 95.1 Å². The van der Waals surface area contributed by atoms with Crippen LogP contribution in [0.25, 0.3) is 16.8 Å². The molecule has 2 aliphatic rings. The number of piperidine rings is 1. The normalized spacial score (nSPS) is 20.0. The Hall–Kier alpha value is -4.27. The van der Waals surface area contributed by atoms with Gasteiger partial charge < -0.3 is 9.64 Å². The van der Waals surface area contributed by atoms with Crippen LogP contribution in [0.15, 0.2) is 60.9 Å². The number of ether oxygens (including phenoxy) is 1. The van der Waals surface area contributed by atoms with Gasteiger partial charge >= 0.3 is 5.97 Å². The van der Waals surface area contributed by atoms with E-state index in [1.54, 1.807) is 17.8 Å². The van der Waals surface area contributed by atoms with E-state index in [1.165, 1.54) is 6.42 Å². The third-order valence-electron chi connectivity index (χ3n) is 8.49. The van der Waals surface area contributed by atoms with Crippen molar-refractivity contribution in [3.05, 3.63) is 83.4 Å². The van der Waals surface area contributed by atoms with Crippen LogP contribution in [0.2, 0.25) is 0 Å². The van der Waals surface area contributed by atoms with E-state index in [-0.39, 0.29) is 23.7 Å². The first-order chi connectivity index (χ1) is 20.5. The number of hydrogen-bond acceptors (Lipinski definition) is 6. The molecule has 0 bridgehead atoms. The number of amides is 1. The fourth-order valence-corrected chi connectivity index (χ4v) is 6.36. The summed E-state index contributed by atoms with van der Waals surface area (Å²) in [6.07, 6.45) is 9.86. The fourth-order valence-electron chi connectivity index (χ4n) is 6.36. The SMILES string of the molecule is CCC[C@@H]1CCCCN1C(=O)c1cccc(-c2cccc(-n3ncc(C(=O)OCC)c3[C@@H]3C[C@H]3c3cn(C)nn3)c2)c1.